The third-order valence-electron chi connectivity index (χ3n) is 4.76. The fourth-order valence-electron chi connectivity index (χ4n) is 3.34. The van der Waals surface area contributed by atoms with Gasteiger partial charge in [0.2, 0.25) is 5.91 Å². The van der Waals surface area contributed by atoms with Crippen LogP contribution < -0.4 is 10.2 Å². The summed E-state index contributed by atoms with van der Waals surface area (Å²) in [5.74, 6) is -0.299. The van der Waals surface area contributed by atoms with Crippen molar-refractivity contribution >= 4 is 22.2 Å². The lowest BCUT2D eigenvalue weighted by Gasteiger charge is -2.14. The van der Waals surface area contributed by atoms with Crippen molar-refractivity contribution in [1.82, 2.24) is 0 Å². The minimum Gasteiger partial charge on any atom is -0.333 e. The first-order valence-corrected chi connectivity index (χ1v) is 9.79. The van der Waals surface area contributed by atoms with E-state index in [9.17, 15) is 14.4 Å². The monoisotopic (exact) mass is 372 g/mol. The van der Waals surface area contributed by atoms with Crippen molar-refractivity contribution in [2.24, 2.45) is 0 Å². The Labute approximate surface area is 157 Å². The van der Waals surface area contributed by atoms with Crippen LogP contribution in [0, 0.1) is 17.1 Å². The summed E-state index contributed by atoms with van der Waals surface area (Å²) >= 11 is 1.54. The molecule has 6 heteroatoms. The second-order valence-corrected chi connectivity index (χ2v) is 7.91. The molecule has 0 radical (unpaired) electrons. The van der Waals surface area contributed by atoms with Crippen molar-refractivity contribution in [2.75, 3.05) is 18.9 Å². The zero-order chi connectivity index (χ0) is 18.5. The van der Waals surface area contributed by atoms with Crippen molar-refractivity contribution in [3.63, 3.8) is 0 Å². The molecular formula is C20H23FN3OS+. The van der Waals surface area contributed by atoms with Crippen LogP contribution in [0.2, 0.25) is 0 Å². The highest BCUT2D eigenvalue weighted by Crippen LogP contribution is 2.37. The Kier molecular flexibility index (Phi) is 6.02. The van der Waals surface area contributed by atoms with Crippen LogP contribution in [-0.2, 0) is 24.2 Å². The SMILES string of the molecule is C[NH+](CCC(=O)Nc1sc2c(c1C#N)CCCC2)Cc1ccccc1F. The molecule has 1 aliphatic carbocycles. The molecule has 0 saturated heterocycles. The molecule has 0 aliphatic heterocycles. The quantitative estimate of drug-likeness (QED) is 0.819. The van der Waals surface area contributed by atoms with E-state index in [2.05, 4.69) is 11.4 Å². The number of quaternary nitrogens is 1. The number of halogens is 1. The molecule has 0 bridgehead atoms. The fraction of sp³-hybridized carbons (Fsp3) is 0.400. The lowest BCUT2D eigenvalue weighted by Crippen LogP contribution is -3.07. The van der Waals surface area contributed by atoms with Gasteiger partial charge in [-0.2, -0.15) is 5.26 Å². The van der Waals surface area contributed by atoms with Crippen LogP contribution in [0.15, 0.2) is 24.3 Å². The first kappa shape index (κ1) is 18.6. The number of nitrogens with zero attached hydrogens (tertiary/aromatic N) is 1. The molecule has 1 unspecified atom stereocenters. The second kappa shape index (κ2) is 8.43. The highest BCUT2D eigenvalue weighted by atomic mass is 32.1. The van der Waals surface area contributed by atoms with Crippen molar-refractivity contribution < 1.29 is 14.1 Å². The number of hydrogen-bond acceptors (Lipinski definition) is 3. The average Bonchev–Trinajstić information content (AvgIpc) is 2.99. The zero-order valence-electron chi connectivity index (χ0n) is 14.9. The van der Waals surface area contributed by atoms with Gasteiger partial charge in [0.15, 0.2) is 0 Å². The first-order valence-electron chi connectivity index (χ1n) is 8.97. The first-order chi connectivity index (χ1) is 12.6. The number of benzene rings is 1. The van der Waals surface area contributed by atoms with E-state index in [0.29, 0.717) is 35.6 Å². The predicted octanol–water partition coefficient (Wildman–Crippen LogP) is 2.68. The van der Waals surface area contributed by atoms with Gasteiger partial charge in [-0.05, 0) is 37.3 Å². The smallest absolute Gasteiger partial charge is 0.230 e. The Morgan fingerprint density at radius 2 is 2.12 bits per heavy atom. The number of hydrogen-bond donors (Lipinski definition) is 2. The molecule has 4 nitrogen and oxygen atoms in total. The standard InChI is InChI=1S/C20H22FN3OS/c1-24(13-14-6-2-4-8-17(14)21)11-10-19(25)23-20-16(12-22)15-7-3-5-9-18(15)26-20/h2,4,6,8H,3,5,7,9-11,13H2,1H3,(H,23,25)/p+1. The van der Waals surface area contributed by atoms with Gasteiger partial charge in [-0.25, -0.2) is 4.39 Å². The van der Waals surface area contributed by atoms with Crippen molar-refractivity contribution in [3.8, 4) is 6.07 Å². The molecule has 3 rings (SSSR count). The molecule has 1 atom stereocenters. The number of fused-ring (bicyclic) bond motifs is 1. The lowest BCUT2D eigenvalue weighted by atomic mass is 9.96. The number of rotatable bonds is 6. The van der Waals surface area contributed by atoms with E-state index in [1.54, 1.807) is 23.5 Å². The predicted molar refractivity (Wildman–Crippen MR) is 101 cm³/mol. The maximum atomic E-state index is 13.7. The van der Waals surface area contributed by atoms with E-state index in [1.165, 1.54) is 10.9 Å². The van der Waals surface area contributed by atoms with Gasteiger partial charge in [0, 0.05) is 10.4 Å². The van der Waals surface area contributed by atoms with Gasteiger partial charge in [-0.3, -0.25) is 4.79 Å². The maximum absolute atomic E-state index is 13.7. The number of anilines is 1. The van der Waals surface area contributed by atoms with Crippen LogP contribution in [0.25, 0.3) is 0 Å². The number of carbonyl (C=O) groups is 1. The van der Waals surface area contributed by atoms with Gasteiger partial charge in [-0.15, -0.1) is 11.3 Å². The lowest BCUT2D eigenvalue weighted by molar-refractivity contribution is -0.893. The third kappa shape index (κ3) is 4.29. The topological polar surface area (TPSA) is 57.3 Å². The Balaban J connectivity index is 1.55. The summed E-state index contributed by atoms with van der Waals surface area (Å²) in [5.41, 5.74) is 2.43. The Hall–Kier alpha value is -2.23. The van der Waals surface area contributed by atoms with E-state index in [0.717, 1.165) is 36.1 Å². The number of nitrogens with one attached hydrogen (secondary N) is 2. The normalized spacial score (nSPS) is 14.3. The summed E-state index contributed by atoms with van der Waals surface area (Å²) in [5, 5.41) is 13.1. The number of amides is 1. The van der Waals surface area contributed by atoms with Crippen LogP contribution in [0.5, 0.6) is 0 Å². The molecular weight excluding hydrogens is 349 g/mol. The summed E-state index contributed by atoms with van der Waals surface area (Å²) in [4.78, 5) is 14.6. The molecule has 1 aromatic carbocycles. The van der Waals surface area contributed by atoms with Gasteiger partial charge in [-0.1, -0.05) is 18.2 Å². The van der Waals surface area contributed by atoms with Gasteiger partial charge in [0.1, 0.15) is 23.4 Å². The van der Waals surface area contributed by atoms with Crippen LogP contribution in [0.1, 0.15) is 40.8 Å². The van der Waals surface area contributed by atoms with Crippen LogP contribution in [0.3, 0.4) is 0 Å². The minimum absolute atomic E-state index is 0.0898. The number of aryl methyl sites for hydroxylation is 1. The summed E-state index contributed by atoms with van der Waals surface area (Å²) < 4.78 is 13.7. The highest BCUT2D eigenvalue weighted by Gasteiger charge is 2.22. The molecule has 0 saturated carbocycles. The largest absolute Gasteiger partial charge is 0.333 e. The van der Waals surface area contributed by atoms with Gasteiger partial charge in [0.05, 0.1) is 25.6 Å². The highest BCUT2D eigenvalue weighted by molar-refractivity contribution is 7.16. The molecule has 1 amide bonds. The molecule has 0 fully saturated rings. The second-order valence-electron chi connectivity index (χ2n) is 6.80. The fourth-order valence-corrected chi connectivity index (χ4v) is 4.60. The molecule has 136 valence electrons. The van der Waals surface area contributed by atoms with Gasteiger partial charge in [0.25, 0.3) is 0 Å². The van der Waals surface area contributed by atoms with E-state index in [4.69, 9.17) is 0 Å². The van der Waals surface area contributed by atoms with E-state index >= 15 is 0 Å². The number of carbonyl (C=O) groups excluding carboxylic acids is 1. The minimum atomic E-state index is -0.209. The Morgan fingerprint density at radius 1 is 1.35 bits per heavy atom. The van der Waals surface area contributed by atoms with Crippen molar-refractivity contribution in [3.05, 3.63) is 51.7 Å². The Morgan fingerprint density at radius 3 is 2.88 bits per heavy atom. The van der Waals surface area contributed by atoms with Gasteiger partial charge < -0.3 is 10.2 Å². The van der Waals surface area contributed by atoms with Gasteiger partial charge >= 0.3 is 0 Å². The third-order valence-corrected chi connectivity index (χ3v) is 5.97. The summed E-state index contributed by atoms with van der Waals surface area (Å²) in [6.07, 6.45) is 4.53. The van der Waals surface area contributed by atoms with E-state index in [1.807, 2.05) is 13.1 Å². The maximum Gasteiger partial charge on any atom is 0.230 e. The molecule has 2 N–H and O–H groups in total. The molecule has 1 aliphatic rings. The molecule has 26 heavy (non-hydrogen) atoms. The summed E-state index contributed by atoms with van der Waals surface area (Å²) in [7, 11) is 1.95. The van der Waals surface area contributed by atoms with Crippen LogP contribution in [-0.4, -0.2) is 19.5 Å². The Bertz CT molecular complexity index is 840. The average molecular weight is 372 g/mol. The van der Waals surface area contributed by atoms with E-state index < -0.39 is 0 Å². The summed E-state index contributed by atoms with van der Waals surface area (Å²) in [6, 6.07) is 8.98. The molecule has 1 aromatic heterocycles. The van der Waals surface area contributed by atoms with Crippen LogP contribution >= 0.6 is 11.3 Å². The van der Waals surface area contributed by atoms with Crippen LogP contribution in [0.4, 0.5) is 9.39 Å². The zero-order valence-corrected chi connectivity index (χ0v) is 15.7. The molecule has 0 spiro atoms. The molecule has 2 aromatic rings. The van der Waals surface area contributed by atoms with E-state index in [-0.39, 0.29) is 11.7 Å². The number of thiophene rings is 1. The molecule has 1 heterocycles. The number of nitriles is 1. The van der Waals surface area contributed by atoms with Crippen molar-refractivity contribution in [1.29, 1.82) is 5.26 Å². The van der Waals surface area contributed by atoms with Crippen molar-refractivity contribution in [2.45, 2.75) is 38.6 Å². The summed E-state index contributed by atoms with van der Waals surface area (Å²) in [6.45, 7) is 1.14.